The van der Waals surface area contributed by atoms with E-state index in [1.807, 2.05) is 0 Å². The second-order valence-corrected chi connectivity index (χ2v) is 7.42. The molecule has 0 aliphatic carbocycles. The third-order valence-corrected chi connectivity index (χ3v) is 3.91. The Bertz CT molecular complexity index is 930. The van der Waals surface area contributed by atoms with Gasteiger partial charge in [-0.25, -0.2) is 9.18 Å². The van der Waals surface area contributed by atoms with Crippen LogP contribution < -0.4 is 5.56 Å². The first-order chi connectivity index (χ1) is 12.0. The number of pyridine rings is 1. The number of esters is 1. The van der Waals surface area contributed by atoms with Crippen LogP contribution in [0.1, 0.15) is 31.1 Å². The van der Waals surface area contributed by atoms with Gasteiger partial charge in [0.15, 0.2) is 0 Å². The summed E-state index contributed by atoms with van der Waals surface area (Å²) in [6, 6.07) is 5.60. The molecule has 0 fully saturated rings. The van der Waals surface area contributed by atoms with Gasteiger partial charge in [-0.2, -0.15) is 0 Å². The lowest BCUT2D eigenvalue weighted by Gasteiger charge is -2.20. The van der Waals surface area contributed by atoms with E-state index in [1.54, 1.807) is 26.8 Å². The van der Waals surface area contributed by atoms with Crippen LogP contribution >= 0.6 is 15.9 Å². The van der Waals surface area contributed by atoms with Crippen LogP contribution in [0.25, 0.3) is 11.1 Å². The van der Waals surface area contributed by atoms with E-state index < -0.39 is 41.0 Å². The molecular formula is C18H17BrFNO5. The fourth-order valence-electron chi connectivity index (χ4n) is 2.29. The van der Waals surface area contributed by atoms with Crippen molar-refractivity contribution in [1.82, 2.24) is 4.57 Å². The summed E-state index contributed by atoms with van der Waals surface area (Å²) in [4.78, 5) is 35.7. The number of hydrogen-bond donors (Lipinski definition) is 1. The Morgan fingerprint density at radius 1 is 1.31 bits per heavy atom. The van der Waals surface area contributed by atoms with E-state index >= 15 is 0 Å². The molecule has 138 valence electrons. The second kappa shape index (κ2) is 7.41. The number of hydrogen-bond acceptors (Lipinski definition) is 4. The maximum absolute atomic E-state index is 14.4. The Hall–Kier alpha value is -2.48. The van der Waals surface area contributed by atoms with E-state index in [9.17, 15) is 23.9 Å². The number of carbonyl (C=O) groups excluding carboxylic acids is 1. The van der Waals surface area contributed by atoms with Crippen molar-refractivity contribution >= 4 is 27.9 Å². The number of carboxylic acid groups (broad SMARTS) is 1. The normalized spacial score (nSPS) is 11.3. The minimum Gasteiger partial charge on any atom is -0.477 e. The lowest BCUT2D eigenvalue weighted by Crippen LogP contribution is -2.32. The van der Waals surface area contributed by atoms with Crippen molar-refractivity contribution in [3.63, 3.8) is 0 Å². The van der Waals surface area contributed by atoms with Crippen molar-refractivity contribution in [3.05, 3.63) is 56.7 Å². The lowest BCUT2D eigenvalue weighted by molar-refractivity contribution is -0.155. The van der Waals surface area contributed by atoms with Crippen LogP contribution in [0.15, 0.2) is 39.7 Å². The Kier molecular flexibility index (Phi) is 5.65. The molecule has 1 heterocycles. The highest BCUT2D eigenvalue weighted by atomic mass is 79.9. The largest absolute Gasteiger partial charge is 0.477 e. The Balaban J connectivity index is 2.57. The molecule has 0 unspecified atom stereocenters. The molecule has 0 bridgehead atoms. The van der Waals surface area contributed by atoms with Crippen LogP contribution in [0.3, 0.4) is 0 Å². The Labute approximate surface area is 157 Å². The number of aromatic carboxylic acids is 1. The molecule has 1 aromatic carbocycles. The van der Waals surface area contributed by atoms with Gasteiger partial charge >= 0.3 is 11.9 Å². The average Bonchev–Trinajstić information content (AvgIpc) is 2.50. The zero-order valence-corrected chi connectivity index (χ0v) is 16.0. The van der Waals surface area contributed by atoms with Crippen LogP contribution in [0.5, 0.6) is 0 Å². The fourth-order valence-corrected chi connectivity index (χ4v) is 2.66. The summed E-state index contributed by atoms with van der Waals surface area (Å²) in [5.74, 6) is -2.78. The van der Waals surface area contributed by atoms with Crippen molar-refractivity contribution < 1.29 is 23.8 Å². The lowest BCUT2D eigenvalue weighted by atomic mass is 10.0. The van der Waals surface area contributed by atoms with Crippen LogP contribution in [-0.4, -0.2) is 27.2 Å². The summed E-state index contributed by atoms with van der Waals surface area (Å²) in [6.07, 6.45) is 1.24. The summed E-state index contributed by atoms with van der Waals surface area (Å²) in [5.41, 5.74) is -1.94. The summed E-state index contributed by atoms with van der Waals surface area (Å²) in [7, 11) is 0. The molecule has 2 aromatic rings. The zero-order chi connectivity index (χ0) is 19.6. The molecule has 26 heavy (non-hydrogen) atoms. The van der Waals surface area contributed by atoms with Crippen LogP contribution in [0.2, 0.25) is 0 Å². The highest BCUT2D eigenvalue weighted by Gasteiger charge is 2.20. The highest BCUT2D eigenvalue weighted by Crippen LogP contribution is 2.27. The van der Waals surface area contributed by atoms with E-state index in [0.29, 0.717) is 0 Å². The number of benzene rings is 1. The van der Waals surface area contributed by atoms with Crippen LogP contribution in [0, 0.1) is 5.82 Å². The molecular weight excluding hydrogens is 409 g/mol. The molecule has 1 aromatic heterocycles. The van der Waals surface area contributed by atoms with Gasteiger partial charge in [0.05, 0.1) is 4.47 Å². The summed E-state index contributed by atoms with van der Waals surface area (Å²) in [6.45, 7) is 4.52. The number of halogens is 2. The third-order valence-electron chi connectivity index (χ3n) is 3.30. The van der Waals surface area contributed by atoms with Gasteiger partial charge in [0.2, 0.25) is 0 Å². The molecule has 0 atom stereocenters. The van der Waals surface area contributed by atoms with Gasteiger partial charge in [-0.15, -0.1) is 0 Å². The minimum absolute atomic E-state index is 0.0970. The molecule has 0 amide bonds. The monoisotopic (exact) mass is 425 g/mol. The quantitative estimate of drug-likeness (QED) is 0.757. The third kappa shape index (κ3) is 4.57. The molecule has 2 rings (SSSR count). The van der Waals surface area contributed by atoms with Crippen molar-refractivity contribution in [2.45, 2.75) is 32.9 Å². The van der Waals surface area contributed by atoms with Crippen molar-refractivity contribution in [2.24, 2.45) is 0 Å². The predicted molar refractivity (Wildman–Crippen MR) is 96.6 cm³/mol. The van der Waals surface area contributed by atoms with Gasteiger partial charge < -0.3 is 14.4 Å². The predicted octanol–water partition coefficient (Wildman–Crippen LogP) is 3.46. The Morgan fingerprint density at radius 2 is 1.96 bits per heavy atom. The van der Waals surface area contributed by atoms with E-state index in [-0.39, 0.29) is 15.6 Å². The van der Waals surface area contributed by atoms with E-state index in [0.717, 1.165) is 10.6 Å². The van der Waals surface area contributed by atoms with Crippen molar-refractivity contribution in [3.8, 4) is 11.1 Å². The van der Waals surface area contributed by atoms with Gasteiger partial charge in [0.1, 0.15) is 23.5 Å². The number of carbonyl (C=O) groups is 2. The summed E-state index contributed by atoms with van der Waals surface area (Å²) < 4.78 is 20.6. The zero-order valence-electron chi connectivity index (χ0n) is 14.4. The van der Waals surface area contributed by atoms with Crippen LogP contribution in [-0.2, 0) is 16.1 Å². The first kappa shape index (κ1) is 19.8. The minimum atomic E-state index is -1.47. The van der Waals surface area contributed by atoms with Gasteiger partial charge in [-0.05, 0) is 48.8 Å². The first-order valence-electron chi connectivity index (χ1n) is 7.63. The molecule has 0 aliphatic rings. The maximum Gasteiger partial charge on any atom is 0.341 e. The number of rotatable bonds is 4. The van der Waals surface area contributed by atoms with Gasteiger partial charge in [-0.3, -0.25) is 9.59 Å². The average molecular weight is 426 g/mol. The maximum atomic E-state index is 14.4. The fraction of sp³-hybridized carbons (Fsp3) is 0.278. The van der Waals surface area contributed by atoms with Gasteiger partial charge in [-0.1, -0.05) is 12.1 Å². The Morgan fingerprint density at radius 3 is 2.54 bits per heavy atom. The molecule has 6 nitrogen and oxygen atoms in total. The summed E-state index contributed by atoms with van der Waals surface area (Å²) in [5, 5.41) is 9.27. The van der Waals surface area contributed by atoms with Crippen molar-refractivity contribution in [1.29, 1.82) is 0 Å². The smallest absolute Gasteiger partial charge is 0.341 e. The number of carboxylic acids is 1. The first-order valence-corrected chi connectivity index (χ1v) is 8.43. The molecule has 0 spiro atoms. The van der Waals surface area contributed by atoms with Crippen molar-refractivity contribution in [2.75, 3.05) is 0 Å². The summed E-state index contributed by atoms with van der Waals surface area (Å²) >= 11 is 3.06. The highest BCUT2D eigenvalue weighted by molar-refractivity contribution is 9.10. The standard InChI is InChI=1S/C18H17BrFNO5/c1-18(2,3)26-14(22)9-21-8-10(7-12(16(21)23)17(24)25)11-5-4-6-13(19)15(11)20/h4-8H,9H2,1-3H3,(H,24,25). The molecule has 0 radical (unpaired) electrons. The van der Waals surface area contributed by atoms with Gasteiger partial charge in [0, 0.05) is 17.3 Å². The number of aromatic nitrogens is 1. The van der Waals surface area contributed by atoms with Crippen LogP contribution in [0.4, 0.5) is 4.39 Å². The topological polar surface area (TPSA) is 85.6 Å². The second-order valence-electron chi connectivity index (χ2n) is 6.57. The number of nitrogens with zero attached hydrogens (tertiary/aromatic N) is 1. The SMILES string of the molecule is CC(C)(C)OC(=O)Cn1cc(-c2cccc(Br)c2F)cc(C(=O)O)c1=O. The van der Waals surface area contributed by atoms with Gasteiger partial charge in [0.25, 0.3) is 5.56 Å². The molecule has 0 aliphatic heterocycles. The van der Waals surface area contributed by atoms with E-state index in [2.05, 4.69) is 15.9 Å². The molecule has 8 heteroatoms. The van der Waals surface area contributed by atoms with E-state index in [4.69, 9.17) is 4.74 Å². The molecule has 1 N–H and O–H groups in total. The molecule has 0 saturated carbocycles. The number of ether oxygens (including phenoxy) is 1. The molecule has 0 saturated heterocycles. The van der Waals surface area contributed by atoms with E-state index in [1.165, 1.54) is 18.3 Å².